The van der Waals surface area contributed by atoms with Crippen LogP contribution in [-0.4, -0.2) is 25.4 Å². The summed E-state index contributed by atoms with van der Waals surface area (Å²) in [6.07, 6.45) is 6.61. The Bertz CT molecular complexity index is 1100. The van der Waals surface area contributed by atoms with Crippen molar-refractivity contribution in [2.45, 2.75) is 26.6 Å². The monoisotopic (exact) mass is 377 g/mol. The van der Waals surface area contributed by atoms with Crippen LogP contribution in [0.4, 0.5) is 0 Å². The molecule has 0 aliphatic heterocycles. The van der Waals surface area contributed by atoms with E-state index in [1.165, 1.54) is 6.26 Å². The standard InChI is InChI=1S/C20H19N5O3/c1-2-25-10-9-21-17(25)11-23-20(26)15-12-28-18(24-15)13-27-16-7-3-5-14-6-4-8-22-19(14)16/h3-10,12H,2,11,13H2,1H3,(H,23,26). The van der Waals surface area contributed by atoms with Crippen molar-refractivity contribution in [3.8, 4) is 5.75 Å². The largest absolute Gasteiger partial charge is 0.482 e. The molecular formula is C20H19N5O3. The molecule has 0 saturated carbocycles. The van der Waals surface area contributed by atoms with E-state index in [2.05, 4.69) is 20.3 Å². The highest BCUT2D eigenvalue weighted by Gasteiger charge is 2.14. The van der Waals surface area contributed by atoms with Crippen molar-refractivity contribution in [3.63, 3.8) is 0 Å². The summed E-state index contributed by atoms with van der Waals surface area (Å²) in [5.74, 6) is 1.40. The summed E-state index contributed by atoms with van der Waals surface area (Å²) in [5, 5.41) is 3.78. The molecule has 0 saturated heterocycles. The van der Waals surface area contributed by atoms with Gasteiger partial charge in [0.15, 0.2) is 12.3 Å². The quantitative estimate of drug-likeness (QED) is 0.532. The van der Waals surface area contributed by atoms with Crippen LogP contribution in [-0.2, 0) is 19.7 Å². The fraction of sp³-hybridized carbons (Fsp3) is 0.200. The van der Waals surface area contributed by atoms with E-state index >= 15 is 0 Å². The van der Waals surface area contributed by atoms with Crippen LogP contribution in [0.15, 0.2) is 59.6 Å². The van der Waals surface area contributed by atoms with Gasteiger partial charge in [0.05, 0.1) is 6.54 Å². The molecule has 3 heterocycles. The number of amides is 1. The Hall–Kier alpha value is -3.68. The Morgan fingerprint density at radius 1 is 1.21 bits per heavy atom. The first kappa shape index (κ1) is 17.7. The number of hydrogen-bond acceptors (Lipinski definition) is 6. The van der Waals surface area contributed by atoms with Crippen LogP contribution in [0.5, 0.6) is 5.75 Å². The zero-order valence-electron chi connectivity index (χ0n) is 15.3. The molecule has 28 heavy (non-hydrogen) atoms. The van der Waals surface area contributed by atoms with Gasteiger partial charge in [-0.15, -0.1) is 0 Å². The normalized spacial score (nSPS) is 10.9. The summed E-state index contributed by atoms with van der Waals surface area (Å²) < 4.78 is 13.1. The minimum absolute atomic E-state index is 0.100. The minimum atomic E-state index is -0.326. The van der Waals surface area contributed by atoms with Crippen molar-refractivity contribution in [1.29, 1.82) is 0 Å². The van der Waals surface area contributed by atoms with Crippen molar-refractivity contribution in [2.75, 3.05) is 0 Å². The second kappa shape index (κ2) is 7.91. The van der Waals surface area contributed by atoms with Crippen LogP contribution in [0.2, 0.25) is 0 Å². The van der Waals surface area contributed by atoms with Gasteiger partial charge < -0.3 is 19.0 Å². The van der Waals surface area contributed by atoms with Crippen molar-refractivity contribution >= 4 is 16.8 Å². The number of hydrogen-bond donors (Lipinski definition) is 1. The zero-order valence-corrected chi connectivity index (χ0v) is 15.3. The Balaban J connectivity index is 1.38. The molecule has 0 aliphatic carbocycles. The number of carbonyl (C=O) groups is 1. The van der Waals surface area contributed by atoms with Gasteiger partial charge >= 0.3 is 0 Å². The number of para-hydroxylation sites is 1. The first-order valence-corrected chi connectivity index (χ1v) is 8.93. The van der Waals surface area contributed by atoms with E-state index in [1.807, 2.05) is 48.0 Å². The predicted molar refractivity (Wildman–Crippen MR) is 102 cm³/mol. The minimum Gasteiger partial charge on any atom is -0.482 e. The smallest absolute Gasteiger partial charge is 0.273 e. The number of fused-ring (bicyclic) bond motifs is 1. The Labute approximate surface area is 161 Å². The predicted octanol–water partition coefficient (Wildman–Crippen LogP) is 2.95. The van der Waals surface area contributed by atoms with Gasteiger partial charge in [-0.3, -0.25) is 9.78 Å². The molecule has 142 valence electrons. The van der Waals surface area contributed by atoms with Crippen LogP contribution in [0.1, 0.15) is 29.1 Å². The lowest BCUT2D eigenvalue weighted by Crippen LogP contribution is -2.25. The molecule has 3 aromatic heterocycles. The van der Waals surface area contributed by atoms with Crippen LogP contribution in [0.25, 0.3) is 10.9 Å². The molecular weight excluding hydrogens is 358 g/mol. The fourth-order valence-corrected chi connectivity index (χ4v) is 2.86. The number of imidazole rings is 1. The van der Waals surface area contributed by atoms with E-state index in [4.69, 9.17) is 9.15 Å². The number of benzene rings is 1. The molecule has 4 aromatic rings. The number of nitrogens with zero attached hydrogens (tertiary/aromatic N) is 4. The van der Waals surface area contributed by atoms with E-state index in [-0.39, 0.29) is 18.2 Å². The lowest BCUT2D eigenvalue weighted by molar-refractivity contribution is 0.0944. The molecule has 1 amide bonds. The van der Waals surface area contributed by atoms with Gasteiger partial charge in [-0.05, 0) is 19.1 Å². The number of ether oxygens (including phenoxy) is 1. The highest BCUT2D eigenvalue weighted by Crippen LogP contribution is 2.23. The first-order valence-electron chi connectivity index (χ1n) is 8.93. The molecule has 8 heteroatoms. The number of nitrogens with one attached hydrogen (secondary N) is 1. The van der Waals surface area contributed by atoms with Crippen molar-refractivity contribution in [2.24, 2.45) is 0 Å². The van der Waals surface area contributed by atoms with E-state index < -0.39 is 0 Å². The van der Waals surface area contributed by atoms with Crippen LogP contribution < -0.4 is 10.1 Å². The van der Waals surface area contributed by atoms with Gasteiger partial charge in [0.2, 0.25) is 5.89 Å². The number of rotatable bonds is 7. The third-order valence-electron chi connectivity index (χ3n) is 4.28. The number of aromatic nitrogens is 4. The molecule has 0 unspecified atom stereocenters. The Kier molecular flexibility index (Phi) is 5.01. The number of carbonyl (C=O) groups excluding carboxylic acids is 1. The SMILES string of the molecule is CCn1ccnc1CNC(=O)c1coc(COc2cccc3cccnc23)n1. The molecule has 0 bridgehead atoms. The summed E-state index contributed by atoms with van der Waals surface area (Å²) in [4.78, 5) is 25.0. The molecule has 1 aromatic carbocycles. The van der Waals surface area contributed by atoms with Crippen molar-refractivity contribution in [1.82, 2.24) is 24.8 Å². The maximum absolute atomic E-state index is 12.3. The average molecular weight is 377 g/mol. The molecule has 4 rings (SSSR count). The van der Waals surface area contributed by atoms with Gasteiger partial charge in [-0.2, -0.15) is 0 Å². The van der Waals surface area contributed by atoms with Crippen molar-refractivity contribution < 1.29 is 13.9 Å². The van der Waals surface area contributed by atoms with Gasteiger partial charge in [0.1, 0.15) is 23.4 Å². The summed E-state index contributed by atoms with van der Waals surface area (Å²) in [6, 6.07) is 9.53. The molecule has 0 aliphatic rings. The van der Waals surface area contributed by atoms with Crippen LogP contribution >= 0.6 is 0 Å². The molecule has 0 spiro atoms. The average Bonchev–Trinajstić information content (AvgIpc) is 3.39. The van der Waals surface area contributed by atoms with Crippen LogP contribution in [0, 0.1) is 0 Å². The Morgan fingerprint density at radius 2 is 2.11 bits per heavy atom. The molecule has 0 atom stereocenters. The fourth-order valence-electron chi connectivity index (χ4n) is 2.86. The molecule has 0 fully saturated rings. The number of oxazole rings is 1. The first-order chi connectivity index (χ1) is 13.7. The summed E-state index contributed by atoms with van der Waals surface area (Å²) in [5.41, 5.74) is 0.963. The van der Waals surface area contributed by atoms with E-state index in [0.29, 0.717) is 18.2 Å². The molecule has 8 nitrogen and oxygen atoms in total. The Morgan fingerprint density at radius 3 is 3.00 bits per heavy atom. The third kappa shape index (κ3) is 3.71. The topological polar surface area (TPSA) is 95.1 Å². The van der Waals surface area contributed by atoms with Gasteiger partial charge in [-0.25, -0.2) is 9.97 Å². The lowest BCUT2D eigenvalue weighted by Gasteiger charge is -2.06. The van der Waals surface area contributed by atoms with E-state index in [1.54, 1.807) is 12.4 Å². The van der Waals surface area contributed by atoms with Crippen molar-refractivity contribution in [3.05, 3.63) is 72.6 Å². The van der Waals surface area contributed by atoms with Gasteiger partial charge in [-0.1, -0.05) is 18.2 Å². The maximum Gasteiger partial charge on any atom is 0.273 e. The zero-order chi connectivity index (χ0) is 19.3. The van der Waals surface area contributed by atoms with E-state index in [9.17, 15) is 4.79 Å². The van der Waals surface area contributed by atoms with Gasteiger partial charge in [0.25, 0.3) is 5.91 Å². The van der Waals surface area contributed by atoms with E-state index in [0.717, 1.165) is 23.3 Å². The summed E-state index contributed by atoms with van der Waals surface area (Å²) in [6.45, 7) is 3.23. The lowest BCUT2D eigenvalue weighted by atomic mass is 10.2. The highest BCUT2D eigenvalue weighted by molar-refractivity contribution is 5.91. The summed E-state index contributed by atoms with van der Waals surface area (Å²) >= 11 is 0. The third-order valence-corrected chi connectivity index (χ3v) is 4.28. The second-order valence-electron chi connectivity index (χ2n) is 6.06. The highest BCUT2D eigenvalue weighted by atomic mass is 16.5. The maximum atomic E-state index is 12.3. The number of pyridine rings is 1. The molecule has 0 radical (unpaired) electrons. The summed E-state index contributed by atoms with van der Waals surface area (Å²) in [7, 11) is 0. The molecule has 1 N–H and O–H groups in total. The van der Waals surface area contributed by atoms with Crippen LogP contribution in [0.3, 0.4) is 0 Å². The van der Waals surface area contributed by atoms with Gasteiger partial charge in [0, 0.05) is 30.5 Å². The second-order valence-corrected chi connectivity index (χ2v) is 6.06. The number of aryl methyl sites for hydroxylation is 1.